The van der Waals surface area contributed by atoms with E-state index in [1.54, 1.807) is 24.3 Å². The van der Waals surface area contributed by atoms with Crippen molar-refractivity contribution in [3.63, 3.8) is 0 Å². The van der Waals surface area contributed by atoms with Crippen molar-refractivity contribution in [3.05, 3.63) is 65.2 Å². The Morgan fingerprint density at radius 1 is 1.14 bits per heavy atom. The fourth-order valence-electron chi connectivity index (χ4n) is 1.78. The van der Waals surface area contributed by atoms with Gasteiger partial charge >= 0.3 is 0 Å². The molecule has 0 aliphatic rings. The predicted octanol–water partition coefficient (Wildman–Crippen LogP) is 1.71. The van der Waals surface area contributed by atoms with E-state index in [4.69, 9.17) is 15.6 Å². The van der Waals surface area contributed by atoms with Crippen molar-refractivity contribution in [3.8, 4) is 17.6 Å². The normalized spacial score (nSPS) is 9.57. The van der Waals surface area contributed by atoms with E-state index in [0.717, 1.165) is 11.1 Å². The van der Waals surface area contributed by atoms with E-state index in [-0.39, 0.29) is 6.61 Å². The van der Waals surface area contributed by atoms with Crippen LogP contribution in [0.4, 0.5) is 0 Å². The lowest BCUT2D eigenvalue weighted by Gasteiger charge is -2.09. The van der Waals surface area contributed by atoms with Gasteiger partial charge in [-0.2, -0.15) is 0 Å². The first-order valence-corrected chi connectivity index (χ1v) is 6.41. The van der Waals surface area contributed by atoms with E-state index in [0.29, 0.717) is 17.9 Å². The number of rotatable bonds is 4. The lowest BCUT2D eigenvalue weighted by atomic mass is 10.1. The van der Waals surface area contributed by atoms with E-state index < -0.39 is 5.91 Å². The Hall–Kier alpha value is -2.77. The second-order valence-corrected chi connectivity index (χ2v) is 4.31. The molecule has 0 saturated carbocycles. The number of ether oxygens (including phenoxy) is 1. The molecule has 0 radical (unpaired) electrons. The summed E-state index contributed by atoms with van der Waals surface area (Å²) in [4.78, 5) is 11.3. The number of hydrogen-bond acceptors (Lipinski definition) is 3. The molecule has 0 bridgehead atoms. The van der Waals surface area contributed by atoms with Gasteiger partial charge in [-0.15, -0.1) is 0 Å². The van der Waals surface area contributed by atoms with E-state index >= 15 is 0 Å². The quantitative estimate of drug-likeness (QED) is 0.838. The van der Waals surface area contributed by atoms with Crippen LogP contribution in [0.15, 0.2) is 48.5 Å². The van der Waals surface area contributed by atoms with Crippen molar-refractivity contribution in [2.75, 3.05) is 6.61 Å². The highest BCUT2D eigenvalue weighted by atomic mass is 16.5. The van der Waals surface area contributed by atoms with Crippen LogP contribution in [0.25, 0.3) is 0 Å². The van der Waals surface area contributed by atoms with Crippen LogP contribution in [-0.4, -0.2) is 17.6 Å². The van der Waals surface area contributed by atoms with Crippen LogP contribution in [0.1, 0.15) is 21.5 Å². The summed E-state index contributed by atoms with van der Waals surface area (Å²) < 4.78 is 5.63. The standard InChI is InChI=1S/C17H15NO3/c18-17(20)15-5-1-2-6-16(15)21-12-14-9-7-13(8-10-14)4-3-11-19/h1-2,5-10,19H,11-12H2,(H2,18,20). The van der Waals surface area contributed by atoms with Crippen molar-refractivity contribution in [1.82, 2.24) is 0 Å². The molecule has 4 heteroatoms. The lowest BCUT2D eigenvalue weighted by molar-refractivity contribution is 0.0996. The minimum Gasteiger partial charge on any atom is -0.488 e. The third-order valence-corrected chi connectivity index (χ3v) is 2.81. The fraction of sp³-hybridized carbons (Fsp3) is 0.118. The van der Waals surface area contributed by atoms with Gasteiger partial charge in [0.15, 0.2) is 0 Å². The largest absolute Gasteiger partial charge is 0.488 e. The summed E-state index contributed by atoms with van der Waals surface area (Å²) >= 11 is 0. The monoisotopic (exact) mass is 281 g/mol. The van der Waals surface area contributed by atoms with Gasteiger partial charge in [0.2, 0.25) is 0 Å². The summed E-state index contributed by atoms with van der Waals surface area (Å²) in [5, 5.41) is 8.63. The Labute approximate surface area is 123 Å². The molecule has 0 aliphatic carbocycles. The van der Waals surface area contributed by atoms with Crippen LogP contribution < -0.4 is 10.5 Å². The highest BCUT2D eigenvalue weighted by Crippen LogP contribution is 2.18. The second-order valence-electron chi connectivity index (χ2n) is 4.31. The molecule has 0 spiro atoms. The first kappa shape index (κ1) is 14.6. The molecule has 2 aromatic rings. The van der Waals surface area contributed by atoms with Crippen molar-refractivity contribution < 1.29 is 14.6 Å². The maximum absolute atomic E-state index is 11.3. The lowest BCUT2D eigenvalue weighted by Crippen LogP contribution is -2.12. The van der Waals surface area contributed by atoms with Crippen LogP contribution >= 0.6 is 0 Å². The molecule has 1 amide bonds. The molecular formula is C17H15NO3. The Kier molecular flexibility index (Phi) is 4.97. The molecule has 0 fully saturated rings. The number of para-hydroxylation sites is 1. The van der Waals surface area contributed by atoms with Gasteiger partial charge in [0.1, 0.15) is 19.0 Å². The van der Waals surface area contributed by atoms with Crippen LogP contribution in [0, 0.1) is 11.8 Å². The molecule has 21 heavy (non-hydrogen) atoms. The van der Waals surface area contributed by atoms with E-state index in [2.05, 4.69) is 11.8 Å². The predicted molar refractivity (Wildman–Crippen MR) is 79.7 cm³/mol. The van der Waals surface area contributed by atoms with Gasteiger partial charge in [-0.25, -0.2) is 0 Å². The summed E-state index contributed by atoms with van der Waals surface area (Å²) in [7, 11) is 0. The first-order chi connectivity index (χ1) is 10.2. The van der Waals surface area contributed by atoms with Crippen molar-refractivity contribution in [2.45, 2.75) is 6.61 Å². The summed E-state index contributed by atoms with van der Waals surface area (Å²) in [6.07, 6.45) is 0. The Morgan fingerprint density at radius 2 is 1.86 bits per heavy atom. The summed E-state index contributed by atoms with van der Waals surface area (Å²) in [5.74, 6) is 5.36. The zero-order valence-electron chi connectivity index (χ0n) is 11.4. The van der Waals surface area contributed by atoms with E-state index in [1.165, 1.54) is 0 Å². The Balaban J connectivity index is 2.05. The zero-order valence-corrected chi connectivity index (χ0v) is 11.4. The van der Waals surface area contributed by atoms with Crippen molar-refractivity contribution >= 4 is 5.91 Å². The Morgan fingerprint density at radius 3 is 2.52 bits per heavy atom. The topological polar surface area (TPSA) is 72.6 Å². The first-order valence-electron chi connectivity index (χ1n) is 6.41. The SMILES string of the molecule is NC(=O)c1ccccc1OCc1ccc(C#CCO)cc1. The molecule has 0 saturated heterocycles. The van der Waals surface area contributed by atoms with Crippen LogP contribution in [0.3, 0.4) is 0 Å². The fourth-order valence-corrected chi connectivity index (χ4v) is 1.78. The Bertz CT molecular complexity index is 681. The molecule has 2 aromatic carbocycles. The third kappa shape index (κ3) is 4.10. The number of carbonyl (C=O) groups is 1. The summed E-state index contributed by atoms with van der Waals surface area (Å²) in [6.45, 7) is 0.173. The van der Waals surface area contributed by atoms with Gasteiger partial charge in [0, 0.05) is 5.56 Å². The minimum atomic E-state index is -0.514. The number of hydrogen-bond donors (Lipinski definition) is 2. The highest BCUT2D eigenvalue weighted by molar-refractivity contribution is 5.95. The number of amides is 1. The maximum atomic E-state index is 11.3. The third-order valence-electron chi connectivity index (χ3n) is 2.81. The van der Waals surface area contributed by atoms with Gasteiger partial charge in [-0.1, -0.05) is 36.1 Å². The van der Waals surface area contributed by atoms with Crippen LogP contribution in [0.5, 0.6) is 5.75 Å². The number of aliphatic hydroxyl groups is 1. The molecule has 4 nitrogen and oxygen atoms in total. The minimum absolute atomic E-state index is 0.158. The van der Waals surface area contributed by atoms with Gasteiger partial charge in [-0.3, -0.25) is 4.79 Å². The molecular weight excluding hydrogens is 266 g/mol. The molecule has 0 heterocycles. The van der Waals surface area contributed by atoms with Gasteiger partial charge < -0.3 is 15.6 Å². The van der Waals surface area contributed by atoms with Crippen LogP contribution in [-0.2, 0) is 6.61 Å². The molecule has 3 N–H and O–H groups in total. The maximum Gasteiger partial charge on any atom is 0.252 e. The molecule has 0 atom stereocenters. The average Bonchev–Trinajstić information content (AvgIpc) is 2.52. The number of primary amides is 1. The highest BCUT2D eigenvalue weighted by Gasteiger charge is 2.08. The van der Waals surface area contributed by atoms with Gasteiger partial charge in [-0.05, 0) is 29.8 Å². The summed E-state index contributed by atoms with van der Waals surface area (Å²) in [6, 6.07) is 14.3. The molecule has 0 unspecified atom stereocenters. The molecule has 0 aliphatic heterocycles. The summed E-state index contributed by atoms with van der Waals surface area (Å²) in [5.41, 5.74) is 7.43. The molecule has 2 rings (SSSR count). The van der Waals surface area contributed by atoms with Gasteiger partial charge in [0.25, 0.3) is 5.91 Å². The smallest absolute Gasteiger partial charge is 0.252 e. The number of aliphatic hydroxyl groups excluding tert-OH is 1. The number of carbonyl (C=O) groups excluding carboxylic acids is 1. The second kappa shape index (κ2) is 7.13. The van der Waals surface area contributed by atoms with E-state index in [1.807, 2.05) is 24.3 Å². The molecule has 106 valence electrons. The van der Waals surface area contributed by atoms with Gasteiger partial charge in [0.05, 0.1) is 5.56 Å². The number of benzene rings is 2. The zero-order chi connectivity index (χ0) is 15.1. The van der Waals surface area contributed by atoms with Crippen LogP contribution in [0.2, 0.25) is 0 Å². The number of nitrogens with two attached hydrogens (primary N) is 1. The average molecular weight is 281 g/mol. The van der Waals surface area contributed by atoms with Crippen molar-refractivity contribution in [2.24, 2.45) is 5.73 Å². The van der Waals surface area contributed by atoms with Crippen molar-refractivity contribution in [1.29, 1.82) is 0 Å². The van der Waals surface area contributed by atoms with E-state index in [9.17, 15) is 4.79 Å². The molecule has 0 aromatic heterocycles.